The number of nitrogens with two attached hydrogens (primary N) is 1. The summed E-state index contributed by atoms with van der Waals surface area (Å²) in [5.74, 6) is -2.54. The lowest BCUT2D eigenvalue weighted by atomic mass is 9.98. The molecule has 0 unspecified atom stereocenters. The number of carbonyl (C=O) groups excluding carboxylic acids is 2. The number of hydrogen-bond acceptors (Lipinski definition) is 4. The van der Waals surface area contributed by atoms with Gasteiger partial charge in [-0.05, 0) is 17.8 Å². The third kappa shape index (κ3) is 6.01. The first-order valence-electron chi connectivity index (χ1n) is 7.58. The van der Waals surface area contributed by atoms with Gasteiger partial charge in [0.1, 0.15) is 12.1 Å². The lowest BCUT2D eigenvalue weighted by Crippen LogP contribution is -2.57. The Labute approximate surface area is 132 Å². The maximum atomic E-state index is 12.3. The number of carboxylic acid groups (broad SMARTS) is 1. The molecule has 0 aliphatic rings. The highest BCUT2D eigenvalue weighted by atomic mass is 16.4. The van der Waals surface area contributed by atoms with E-state index in [0.29, 0.717) is 0 Å². The van der Waals surface area contributed by atoms with Gasteiger partial charge in [0.2, 0.25) is 11.8 Å². The van der Waals surface area contributed by atoms with Crippen molar-refractivity contribution in [1.29, 1.82) is 0 Å². The van der Waals surface area contributed by atoms with Gasteiger partial charge in [0.05, 0.1) is 6.04 Å². The molecule has 0 radical (unpaired) electrons. The maximum Gasteiger partial charge on any atom is 0.326 e. The Kier molecular flexibility index (Phi) is 8.08. The third-order valence-corrected chi connectivity index (χ3v) is 3.50. The maximum absolute atomic E-state index is 12.3. The minimum Gasteiger partial charge on any atom is -0.480 e. The van der Waals surface area contributed by atoms with Gasteiger partial charge >= 0.3 is 5.97 Å². The molecule has 0 heterocycles. The van der Waals surface area contributed by atoms with Crippen molar-refractivity contribution in [3.05, 3.63) is 0 Å². The quantitative estimate of drug-likeness (QED) is 0.514. The summed E-state index contributed by atoms with van der Waals surface area (Å²) < 4.78 is 0. The summed E-state index contributed by atoms with van der Waals surface area (Å²) in [6.07, 6.45) is 0. The van der Waals surface area contributed by atoms with E-state index in [1.54, 1.807) is 27.7 Å². The molecule has 0 saturated heterocycles. The van der Waals surface area contributed by atoms with Crippen molar-refractivity contribution in [1.82, 2.24) is 10.6 Å². The number of amides is 2. The van der Waals surface area contributed by atoms with Gasteiger partial charge in [-0.15, -0.1) is 0 Å². The summed E-state index contributed by atoms with van der Waals surface area (Å²) in [6, 6.07) is -2.53. The number of aliphatic carboxylic acids is 1. The molecule has 5 N–H and O–H groups in total. The molecule has 0 aromatic rings. The zero-order valence-corrected chi connectivity index (χ0v) is 14.2. The second kappa shape index (κ2) is 8.73. The van der Waals surface area contributed by atoms with E-state index in [2.05, 4.69) is 10.6 Å². The van der Waals surface area contributed by atoms with Gasteiger partial charge in [-0.3, -0.25) is 9.59 Å². The van der Waals surface area contributed by atoms with Gasteiger partial charge in [0, 0.05) is 0 Å². The normalized spacial score (nSPS) is 15.5. The number of rotatable bonds is 8. The largest absolute Gasteiger partial charge is 0.480 e. The van der Waals surface area contributed by atoms with Gasteiger partial charge in [0.25, 0.3) is 0 Å². The van der Waals surface area contributed by atoms with E-state index in [4.69, 9.17) is 10.8 Å². The standard InChI is InChI=1S/C15H29N3O4/c1-7(2)10(16)13(19)17-11(8(3)4)14(20)18-12(9(5)6)15(21)22/h7-12H,16H2,1-6H3,(H,17,19)(H,18,20)(H,21,22)/t10-,11-,12+/m0/s1. The second-order valence-corrected chi connectivity index (χ2v) is 6.57. The molecule has 0 saturated carbocycles. The highest BCUT2D eigenvalue weighted by Crippen LogP contribution is 2.08. The molecule has 0 aliphatic carbocycles. The summed E-state index contributed by atoms with van der Waals surface area (Å²) in [5, 5.41) is 14.2. The molecule has 0 spiro atoms. The molecule has 3 atom stereocenters. The summed E-state index contributed by atoms with van der Waals surface area (Å²) in [7, 11) is 0. The average molecular weight is 315 g/mol. The van der Waals surface area contributed by atoms with Crippen LogP contribution in [0.1, 0.15) is 41.5 Å². The molecule has 128 valence electrons. The lowest BCUT2D eigenvalue weighted by molar-refractivity contribution is -0.143. The van der Waals surface area contributed by atoms with Crippen molar-refractivity contribution in [3.8, 4) is 0 Å². The molecule has 2 amide bonds. The Morgan fingerprint density at radius 2 is 1.18 bits per heavy atom. The van der Waals surface area contributed by atoms with Crippen LogP contribution in [0.15, 0.2) is 0 Å². The monoisotopic (exact) mass is 315 g/mol. The van der Waals surface area contributed by atoms with E-state index >= 15 is 0 Å². The van der Waals surface area contributed by atoms with Crippen LogP contribution in [0.2, 0.25) is 0 Å². The molecule has 0 bridgehead atoms. The Morgan fingerprint density at radius 1 is 0.773 bits per heavy atom. The van der Waals surface area contributed by atoms with Crippen molar-refractivity contribution >= 4 is 17.8 Å². The molecule has 7 nitrogen and oxygen atoms in total. The Morgan fingerprint density at radius 3 is 1.50 bits per heavy atom. The fraction of sp³-hybridized carbons (Fsp3) is 0.800. The molecule has 22 heavy (non-hydrogen) atoms. The van der Waals surface area contributed by atoms with Crippen molar-refractivity contribution in [3.63, 3.8) is 0 Å². The lowest BCUT2D eigenvalue weighted by Gasteiger charge is -2.27. The summed E-state index contributed by atoms with van der Waals surface area (Å²) in [6.45, 7) is 10.6. The number of hydrogen-bond donors (Lipinski definition) is 4. The molecule has 0 aromatic carbocycles. The Hall–Kier alpha value is -1.63. The Bertz CT molecular complexity index is 408. The Balaban J connectivity index is 4.99. The molecule has 7 heteroatoms. The minimum atomic E-state index is -1.10. The van der Waals surface area contributed by atoms with E-state index in [-0.39, 0.29) is 17.8 Å². The summed E-state index contributed by atoms with van der Waals surface area (Å²) >= 11 is 0. The van der Waals surface area contributed by atoms with E-state index < -0.39 is 35.9 Å². The van der Waals surface area contributed by atoms with E-state index in [1.807, 2.05) is 13.8 Å². The van der Waals surface area contributed by atoms with Crippen LogP contribution in [0.4, 0.5) is 0 Å². The first kappa shape index (κ1) is 20.4. The molecular weight excluding hydrogens is 286 g/mol. The van der Waals surface area contributed by atoms with Crippen LogP contribution < -0.4 is 16.4 Å². The van der Waals surface area contributed by atoms with Crippen LogP contribution in [-0.4, -0.2) is 41.0 Å². The number of carbonyl (C=O) groups is 3. The predicted octanol–water partition coefficient (Wildman–Crippen LogP) is 0.336. The van der Waals surface area contributed by atoms with Crippen LogP contribution in [0, 0.1) is 17.8 Å². The fourth-order valence-electron chi connectivity index (χ4n) is 1.84. The van der Waals surface area contributed by atoms with Gasteiger partial charge < -0.3 is 21.5 Å². The van der Waals surface area contributed by atoms with Crippen molar-refractivity contribution < 1.29 is 19.5 Å². The SMILES string of the molecule is CC(C)[C@H](N)C(=O)N[C@H](C(=O)N[C@@H](C(=O)O)C(C)C)C(C)C. The highest BCUT2D eigenvalue weighted by molar-refractivity contribution is 5.92. The van der Waals surface area contributed by atoms with Gasteiger partial charge in [-0.1, -0.05) is 41.5 Å². The highest BCUT2D eigenvalue weighted by Gasteiger charge is 2.31. The van der Waals surface area contributed by atoms with Crippen molar-refractivity contribution in [2.45, 2.75) is 59.7 Å². The average Bonchev–Trinajstić information content (AvgIpc) is 2.39. The fourth-order valence-corrected chi connectivity index (χ4v) is 1.84. The first-order valence-corrected chi connectivity index (χ1v) is 7.58. The van der Waals surface area contributed by atoms with Gasteiger partial charge in [-0.2, -0.15) is 0 Å². The topological polar surface area (TPSA) is 122 Å². The molecular formula is C15H29N3O4. The van der Waals surface area contributed by atoms with Gasteiger partial charge in [0.15, 0.2) is 0 Å². The smallest absolute Gasteiger partial charge is 0.326 e. The molecule has 0 aliphatic heterocycles. The van der Waals surface area contributed by atoms with E-state index in [0.717, 1.165) is 0 Å². The van der Waals surface area contributed by atoms with Crippen LogP contribution in [-0.2, 0) is 14.4 Å². The summed E-state index contributed by atoms with van der Waals surface area (Å²) in [4.78, 5) is 35.5. The molecule has 0 aromatic heterocycles. The predicted molar refractivity (Wildman–Crippen MR) is 84.0 cm³/mol. The van der Waals surface area contributed by atoms with Crippen molar-refractivity contribution in [2.24, 2.45) is 23.5 Å². The van der Waals surface area contributed by atoms with Crippen molar-refractivity contribution in [2.75, 3.05) is 0 Å². The first-order chi connectivity index (χ1) is 9.98. The van der Waals surface area contributed by atoms with Crippen LogP contribution >= 0.6 is 0 Å². The minimum absolute atomic E-state index is 0.0571. The second-order valence-electron chi connectivity index (χ2n) is 6.57. The zero-order valence-electron chi connectivity index (χ0n) is 14.2. The van der Waals surface area contributed by atoms with E-state index in [9.17, 15) is 14.4 Å². The van der Waals surface area contributed by atoms with Crippen LogP contribution in [0.3, 0.4) is 0 Å². The zero-order chi connectivity index (χ0) is 17.6. The van der Waals surface area contributed by atoms with Crippen LogP contribution in [0.5, 0.6) is 0 Å². The van der Waals surface area contributed by atoms with Crippen LogP contribution in [0.25, 0.3) is 0 Å². The third-order valence-electron chi connectivity index (χ3n) is 3.50. The summed E-state index contributed by atoms with van der Waals surface area (Å²) in [5.41, 5.74) is 5.77. The number of carboxylic acids is 1. The molecule has 0 rings (SSSR count). The molecule has 0 fully saturated rings. The van der Waals surface area contributed by atoms with Gasteiger partial charge in [-0.25, -0.2) is 4.79 Å². The van der Waals surface area contributed by atoms with E-state index in [1.165, 1.54) is 0 Å². The number of nitrogens with one attached hydrogen (secondary N) is 2.